The highest BCUT2D eigenvalue weighted by Crippen LogP contribution is 2.26. The normalized spacial score (nSPS) is 15.2. The Hall–Kier alpha value is -2.56. The summed E-state index contributed by atoms with van der Waals surface area (Å²) in [6.07, 6.45) is 0. The minimum Gasteiger partial charge on any atom is -0.344 e. The van der Waals surface area contributed by atoms with Crippen molar-refractivity contribution in [3.8, 4) is 0 Å². The first-order valence-corrected chi connectivity index (χ1v) is 9.09. The molecule has 0 aliphatic carbocycles. The second-order valence-corrected chi connectivity index (χ2v) is 7.49. The second kappa shape index (κ2) is 6.98. The molecule has 138 valence electrons. The molecule has 0 N–H and O–H groups in total. The predicted octanol–water partition coefficient (Wildman–Crippen LogP) is 2.60. The van der Waals surface area contributed by atoms with Crippen LogP contribution < -0.4 is 0 Å². The van der Waals surface area contributed by atoms with E-state index in [0.717, 1.165) is 11.3 Å². The van der Waals surface area contributed by atoms with Crippen LogP contribution in [-0.4, -0.2) is 52.4 Å². The molecule has 2 heterocycles. The zero-order valence-electron chi connectivity index (χ0n) is 16.0. The number of aryl methyl sites for hydroxylation is 1. The van der Waals surface area contributed by atoms with Crippen molar-refractivity contribution in [2.45, 2.75) is 26.2 Å². The van der Waals surface area contributed by atoms with E-state index in [4.69, 9.17) is 0 Å². The van der Waals surface area contributed by atoms with Gasteiger partial charge in [-0.05, 0) is 38.5 Å². The van der Waals surface area contributed by atoms with Gasteiger partial charge >= 0.3 is 0 Å². The maximum absolute atomic E-state index is 13.0. The number of nitrogens with zero attached hydrogens (tertiary/aromatic N) is 3. The number of hydrogen-bond donors (Lipinski definition) is 0. The minimum absolute atomic E-state index is 0.0371. The SMILES string of the molecule is Cc1ccc(C(=O)N2CCN(C(=O)C(C)(C)c3ccccc3)CC2)n1C. The summed E-state index contributed by atoms with van der Waals surface area (Å²) in [6, 6.07) is 13.7. The maximum Gasteiger partial charge on any atom is 0.270 e. The Morgan fingerprint density at radius 2 is 1.46 bits per heavy atom. The third-order valence-electron chi connectivity index (χ3n) is 5.48. The Morgan fingerprint density at radius 1 is 0.885 bits per heavy atom. The van der Waals surface area contributed by atoms with E-state index in [2.05, 4.69) is 0 Å². The number of rotatable bonds is 3. The van der Waals surface area contributed by atoms with Crippen molar-refractivity contribution in [2.75, 3.05) is 26.2 Å². The van der Waals surface area contributed by atoms with E-state index in [1.165, 1.54) is 0 Å². The average Bonchev–Trinajstić information content (AvgIpc) is 3.00. The van der Waals surface area contributed by atoms with Crippen LogP contribution in [0.1, 0.15) is 35.6 Å². The summed E-state index contributed by atoms with van der Waals surface area (Å²) in [6.45, 7) is 8.21. The molecule has 2 amide bonds. The monoisotopic (exact) mass is 353 g/mol. The van der Waals surface area contributed by atoms with Crippen LogP contribution in [0.5, 0.6) is 0 Å². The summed E-state index contributed by atoms with van der Waals surface area (Å²) in [5, 5.41) is 0. The number of benzene rings is 1. The Bertz CT molecular complexity index is 800. The van der Waals surface area contributed by atoms with Crippen molar-refractivity contribution in [3.05, 3.63) is 59.4 Å². The van der Waals surface area contributed by atoms with Gasteiger partial charge in [0.15, 0.2) is 0 Å². The van der Waals surface area contributed by atoms with Crippen molar-refractivity contribution in [3.63, 3.8) is 0 Å². The van der Waals surface area contributed by atoms with Gasteiger partial charge in [-0.15, -0.1) is 0 Å². The molecule has 0 atom stereocenters. The predicted molar refractivity (Wildman–Crippen MR) is 102 cm³/mol. The average molecular weight is 353 g/mol. The van der Waals surface area contributed by atoms with Crippen LogP contribution in [0.15, 0.2) is 42.5 Å². The van der Waals surface area contributed by atoms with E-state index < -0.39 is 5.41 Å². The van der Waals surface area contributed by atoms with Gasteiger partial charge in [0, 0.05) is 38.9 Å². The summed E-state index contributed by atoms with van der Waals surface area (Å²) < 4.78 is 1.92. The minimum atomic E-state index is -0.567. The summed E-state index contributed by atoms with van der Waals surface area (Å²) in [5.74, 6) is 0.153. The van der Waals surface area contributed by atoms with Gasteiger partial charge in [-0.3, -0.25) is 9.59 Å². The molecule has 0 saturated carbocycles. The van der Waals surface area contributed by atoms with E-state index in [1.807, 2.05) is 84.7 Å². The molecular formula is C21H27N3O2. The Kier molecular flexibility index (Phi) is 4.90. The Morgan fingerprint density at radius 3 is 2.00 bits per heavy atom. The molecule has 3 rings (SSSR count). The lowest BCUT2D eigenvalue weighted by Crippen LogP contribution is -2.54. The molecule has 1 aromatic heterocycles. The first kappa shape index (κ1) is 18.2. The number of carbonyl (C=O) groups excluding carboxylic acids is 2. The van der Waals surface area contributed by atoms with Gasteiger partial charge < -0.3 is 14.4 Å². The van der Waals surface area contributed by atoms with Gasteiger partial charge in [-0.25, -0.2) is 0 Å². The van der Waals surface area contributed by atoms with Crippen LogP contribution in [0.25, 0.3) is 0 Å². The van der Waals surface area contributed by atoms with E-state index in [0.29, 0.717) is 31.9 Å². The molecule has 1 fully saturated rings. The molecule has 1 aliphatic heterocycles. The molecule has 0 spiro atoms. The largest absolute Gasteiger partial charge is 0.344 e. The van der Waals surface area contributed by atoms with E-state index in [1.54, 1.807) is 0 Å². The van der Waals surface area contributed by atoms with Crippen molar-refractivity contribution >= 4 is 11.8 Å². The molecule has 0 bridgehead atoms. The number of amides is 2. The zero-order valence-corrected chi connectivity index (χ0v) is 16.0. The molecule has 1 aromatic carbocycles. The zero-order chi connectivity index (χ0) is 18.9. The second-order valence-electron chi connectivity index (χ2n) is 7.49. The molecule has 2 aromatic rings. The van der Waals surface area contributed by atoms with Crippen LogP contribution in [0.2, 0.25) is 0 Å². The van der Waals surface area contributed by atoms with Crippen LogP contribution in [0.3, 0.4) is 0 Å². The fourth-order valence-electron chi connectivity index (χ4n) is 3.48. The van der Waals surface area contributed by atoms with Crippen LogP contribution in [-0.2, 0) is 17.3 Å². The molecular weight excluding hydrogens is 326 g/mol. The lowest BCUT2D eigenvalue weighted by atomic mass is 9.83. The number of carbonyl (C=O) groups is 2. The smallest absolute Gasteiger partial charge is 0.270 e. The number of hydrogen-bond acceptors (Lipinski definition) is 2. The molecule has 0 unspecified atom stereocenters. The summed E-state index contributed by atoms with van der Waals surface area (Å²) >= 11 is 0. The lowest BCUT2D eigenvalue weighted by Gasteiger charge is -2.38. The Labute approximate surface area is 155 Å². The maximum atomic E-state index is 13.0. The number of aromatic nitrogens is 1. The van der Waals surface area contributed by atoms with Gasteiger partial charge in [0.05, 0.1) is 5.41 Å². The van der Waals surface area contributed by atoms with Gasteiger partial charge in [0.1, 0.15) is 5.69 Å². The molecule has 1 saturated heterocycles. The van der Waals surface area contributed by atoms with Crippen molar-refractivity contribution < 1.29 is 9.59 Å². The van der Waals surface area contributed by atoms with Gasteiger partial charge in [0.2, 0.25) is 5.91 Å². The third-order valence-corrected chi connectivity index (χ3v) is 5.48. The highest BCUT2D eigenvalue weighted by Gasteiger charge is 2.35. The highest BCUT2D eigenvalue weighted by molar-refractivity contribution is 5.93. The summed E-state index contributed by atoms with van der Waals surface area (Å²) in [5.41, 5.74) is 2.21. The van der Waals surface area contributed by atoms with Crippen LogP contribution in [0.4, 0.5) is 0 Å². The molecule has 1 aliphatic rings. The molecule has 26 heavy (non-hydrogen) atoms. The van der Waals surface area contributed by atoms with Crippen molar-refractivity contribution in [1.29, 1.82) is 0 Å². The third kappa shape index (κ3) is 3.26. The Balaban J connectivity index is 1.66. The van der Waals surface area contributed by atoms with Crippen molar-refractivity contribution in [1.82, 2.24) is 14.4 Å². The quantitative estimate of drug-likeness (QED) is 0.851. The van der Waals surface area contributed by atoms with Gasteiger partial charge in [0.25, 0.3) is 5.91 Å². The topological polar surface area (TPSA) is 45.6 Å². The first-order chi connectivity index (χ1) is 12.3. The highest BCUT2D eigenvalue weighted by atomic mass is 16.2. The van der Waals surface area contributed by atoms with Crippen LogP contribution in [0, 0.1) is 6.92 Å². The molecule has 0 radical (unpaired) electrons. The van der Waals surface area contributed by atoms with E-state index in [9.17, 15) is 9.59 Å². The van der Waals surface area contributed by atoms with Crippen molar-refractivity contribution in [2.24, 2.45) is 7.05 Å². The van der Waals surface area contributed by atoms with E-state index in [-0.39, 0.29) is 11.8 Å². The summed E-state index contributed by atoms with van der Waals surface area (Å²) in [7, 11) is 1.91. The standard InChI is InChI=1S/C21H27N3O2/c1-16-10-11-18(22(16)4)19(25)23-12-14-24(15-13-23)20(26)21(2,3)17-8-6-5-7-9-17/h5-11H,12-15H2,1-4H3. The summed E-state index contributed by atoms with van der Waals surface area (Å²) in [4.78, 5) is 29.5. The van der Waals surface area contributed by atoms with Gasteiger partial charge in [-0.2, -0.15) is 0 Å². The molecule has 5 heteroatoms. The van der Waals surface area contributed by atoms with Crippen LogP contribution >= 0.6 is 0 Å². The lowest BCUT2D eigenvalue weighted by molar-refractivity contribution is -0.137. The fraction of sp³-hybridized carbons (Fsp3) is 0.429. The molecule has 5 nitrogen and oxygen atoms in total. The number of piperazine rings is 1. The fourth-order valence-corrected chi connectivity index (χ4v) is 3.48. The first-order valence-electron chi connectivity index (χ1n) is 9.09. The van der Waals surface area contributed by atoms with E-state index >= 15 is 0 Å². The van der Waals surface area contributed by atoms with Gasteiger partial charge in [-0.1, -0.05) is 30.3 Å².